The number of H-pyrrole nitrogens is 2. The molecule has 2 aromatic rings. The second-order valence-corrected chi connectivity index (χ2v) is 2.71. The van der Waals surface area contributed by atoms with Crippen molar-refractivity contribution in [3.05, 3.63) is 22.3 Å². The van der Waals surface area contributed by atoms with E-state index in [9.17, 15) is 4.79 Å². The fraction of sp³-hybridized carbons (Fsp3) is 0.286. The Kier molecular flexibility index (Phi) is 1.54. The first-order valence-corrected chi connectivity index (χ1v) is 3.79. The van der Waals surface area contributed by atoms with E-state index in [2.05, 4.69) is 19.9 Å². The number of imidazole rings is 1. The molecule has 2 aromatic heterocycles. The zero-order valence-corrected chi connectivity index (χ0v) is 7.33. The fourth-order valence-electron chi connectivity index (χ4n) is 1.23. The molecule has 0 aromatic carbocycles. The van der Waals surface area contributed by atoms with E-state index in [0.717, 1.165) is 0 Å². The molecule has 0 saturated carbocycles. The Morgan fingerprint density at radius 2 is 2.31 bits per heavy atom. The number of aromatic amines is 2. The van der Waals surface area contributed by atoms with Crippen LogP contribution in [0, 0.1) is 0 Å². The molecule has 6 heteroatoms. The standard InChI is InChI=1S/C7H9N5O/c1-8-5-4-6(11-7(13)10-4)12(2)3-9-5/h3H,1-2H3,(H2,10,11,13). The van der Waals surface area contributed by atoms with Gasteiger partial charge in [0, 0.05) is 14.1 Å². The monoisotopic (exact) mass is 179 g/mol. The van der Waals surface area contributed by atoms with Gasteiger partial charge in [-0.05, 0) is 0 Å². The van der Waals surface area contributed by atoms with E-state index in [-0.39, 0.29) is 5.69 Å². The second kappa shape index (κ2) is 2.58. The summed E-state index contributed by atoms with van der Waals surface area (Å²) in [7, 11) is 3.44. The lowest BCUT2D eigenvalue weighted by atomic mass is 10.5. The third-order valence-corrected chi connectivity index (χ3v) is 1.85. The number of nitrogens with zero attached hydrogens (tertiary/aromatic N) is 3. The van der Waals surface area contributed by atoms with Crippen molar-refractivity contribution in [1.82, 2.24) is 19.5 Å². The summed E-state index contributed by atoms with van der Waals surface area (Å²) in [5.74, 6) is 0. The van der Waals surface area contributed by atoms with Crippen molar-refractivity contribution in [2.24, 2.45) is 12.0 Å². The van der Waals surface area contributed by atoms with E-state index in [1.807, 2.05) is 0 Å². The summed E-state index contributed by atoms with van der Waals surface area (Å²) in [6, 6.07) is 0. The van der Waals surface area contributed by atoms with Crippen molar-refractivity contribution in [2.75, 3.05) is 7.05 Å². The maximum atomic E-state index is 11.0. The molecule has 6 nitrogen and oxygen atoms in total. The van der Waals surface area contributed by atoms with Gasteiger partial charge in [-0.1, -0.05) is 0 Å². The topological polar surface area (TPSA) is 78.8 Å². The Hall–Kier alpha value is -1.85. The van der Waals surface area contributed by atoms with Crippen LogP contribution in [0.2, 0.25) is 0 Å². The van der Waals surface area contributed by atoms with Crippen molar-refractivity contribution in [1.29, 1.82) is 0 Å². The number of rotatable bonds is 0. The third kappa shape index (κ3) is 1.07. The minimum atomic E-state index is -0.247. The molecule has 0 radical (unpaired) electrons. The second-order valence-electron chi connectivity index (χ2n) is 2.71. The largest absolute Gasteiger partial charge is 0.325 e. The van der Waals surface area contributed by atoms with Gasteiger partial charge in [0.2, 0.25) is 0 Å². The summed E-state index contributed by atoms with van der Waals surface area (Å²) in [6.45, 7) is 0. The van der Waals surface area contributed by atoms with Crippen molar-refractivity contribution in [2.45, 2.75) is 0 Å². The molecule has 0 spiro atoms. The first-order chi connectivity index (χ1) is 6.22. The maximum absolute atomic E-state index is 11.0. The number of aromatic nitrogens is 4. The minimum absolute atomic E-state index is 0.247. The van der Waals surface area contributed by atoms with Crippen LogP contribution in [0.4, 0.5) is 0 Å². The average molecular weight is 179 g/mol. The van der Waals surface area contributed by atoms with Crippen LogP contribution in [-0.4, -0.2) is 26.6 Å². The van der Waals surface area contributed by atoms with E-state index >= 15 is 0 Å². The molecule has 0 saturated heterocycles. The molecule has 13 heavy (non-hydrogen) atoms. The fourth-order valence-corrected chi connectivity index (χ4v) is 1.23. The van der Waals surface area contributed by atoms with Gasteiger partial charge >= 0.3 is 5.69 Å². The van der Waals surface area contributed by atoms with Gasteiger partial charge in [0.15, 0.2) is 5.49 Å². The van der Waals surface area contributed by atoms with Crippen molar-refractivity contribution in [3.63, 3.8) is 0 Å². The SMILES string of the molecule is CN=c1ncn(C)c2[nH]c(=O)[nH]c12. The predicted octanol–water partition coefficient (Wildman–Crippen LogP) is -0.880. The summed E-state index contributed by atoms with van der Waals surface area (Å²) in [4.78, 5) is 24.3. The zero-order valence-electron chi connectivity index (χ0n) is 7.33. The number of aryl methyl sites for hydroxylation is 1. The van der Waals surface area contributed by atoms with Gasteiger partial charge in [0.05, 0.1) is 6.33 Å². The molecule has 2 heterocycles. The number of fused-ring (bicyclic) bond motifs is 1. The third-order valence-electron chi connectivity index (χ3n) is 1.85. The van der Waals surface area contributed by atoms with Gasteiger partial charge < -0.3 is 9.55 Å². The Morgan fingerprint density at radius 3 is 3.00 bits per heavy atom. The average Bonchev–Trinajstić information content (AvgIpc) is 2.48. The highest BCUT2D eigenvalue weighted by Gasteiger charge is 2.02. The van der Waals surface area contributed by atoms with Crippen LogP contribution in [0.1, 0.15) is 0 Å². The van der Waals surface area contributed by atoms with E-state index in [1.54, 1.807) is 25.0 Å². The molecule has 2 rings (SSSR count). The van der Waals surface area contributed by atoms with Gasteiger partial charge in [-0.25, -0.2) is 9.78 Å². The van der Waals surface area contributed by atoms with Crippen LogP contribution in [0.25, 0.3) is 11.2 Å². The normalized spacial score (nSPS) is 12.6. The van der Waals surface area contributed by atoms with Crippen LogP contribution < -0.4 is 11.2 Å². The van der Waals surface area contributed by atoms with E-state index < -0.39 is 0 Å². The van der Waals surface area contributed by atoms with Crippen LogP contribution in [0.15, 0.2) is 16.1 Å². The summed E-state index contributed by atoms with van der Waals surface area (Å²) >= 11 is 0. The molecule has 0 unspecified atom stereocenters. The van der Waals surface area contributed by atoms with Crippen molar-refractivity contribution in [3.8, 4) is 0 Å². The molecule has 0 fully saturated rings. The summed E-state index contributed by atoms with van der Waals surface area (Å²) in [5.41, 5.74) is 1.62. The van der Waals surface area contributed by atoms with Gasteiger partial charge in [0.1, 0.15) is 11.2 Å². The lowest BCUT2D eigenvalue weighted by Gasteiger charge is -1.97. The van der Waals surface area contributed by atoms with E-state index in [1.165, 1.54) is 0 Å². The van der Waals surface area contributed by atoms with Crippen LogP contribution in [-0.2, 0) is 7.05 Å². The van der Waals surface area contributed by atoms with Crippen LogP contribution in [0.5, 0.6) is 0 Å². The van der Waals surface area contributed by atoms with Crippen LogP contribution in [0.3, 0.4) is 0 Å². The lowest BCUT2D eigenvalue weighted by molar-refractivity contribution is 0.878. The van der Waals surface area contributed by atoms with Crippen LogP contribution >= 0.6 is 0 Å². The van der Waals surface area contributed by atoms with Crippen molar-refractivity contribution < 1.29 is 0 Å². The molecule has 0 aliphatic carbocycles. The molecule has 0 amide bonds. The van der Waals surface area contributed by atoms with Crippen molar-refractivity contribution >= 4 is 11.2 Å². The molecule has 2 N–H and O–H groups in total. The van der Waals surface area contributed by atoms with Gasteiger partial charge in [-0.15, -0.1) is 0 Å². The highest BCUT2D eigenvalue weighted by molar-refractivity contribution is 5.68. The highest BCUT2D eigenvalue weighted by atomic mass is 16.1. The predicted molar refractivity (Wildman–Crippen MR) is 47.2 cm³/mol. The maximum Gasteiger partial charge on any atom is 0.325 e. The number of nitrogens with one attached hydrogen (secondary N) is 2. The van der Waals surface area contributed by atoms with E-state index in [0.29, 0.717) is 16.7 Å². The number of hydrogen-bond acceptors (Lipinski definition) is 3. The first kappa shape index (κ1) is 7.78. The highest BCUT2D eigenvalue weighted by Crippen LogP contribution is 1.96. The first-order valence-electron chi connectivity index (χ1n) is 3.79. The molecular formula is C7H9N5O. The molecule has 0 atom stereocenters. The Bertz CT molecular complexity index is 558. The quantitative estimate of drug-likeness (QED) is 0.550. The Labute approximate surface area is 73.0 Å². The zero-order chi connectivity index (χ0) is 9.42. The van der Waals surface area contributed by atoms with Gasteiger partial charge in [-0.2, -0.15) is 0 Å². The van der Waals surface area contributed by atoms with Gasteiger partial charge in [-0.3, -0.25) is 9.98 Å². The number of hydrogen-bond donors (Lipinski definition) is 2. The van der Waals surface area contributed by atoms with Gasteiger partial charge in [0.25, 0.3) is 0 Å². The molecular weight excluding hydrogens is 170 g/mol. The molecule has 0 aliphatic rings. The Balaban J connectivity index is 3.09. The lowest BCUT2D eigenvalue weighted by Crippen LogP contribution is -2.12. The summed E-state index contributed by atoms with van der Waals surface area (Å²) in [6.07, 6.45) is 1.61. The summed E-state index contributed by atoms with van der Waals surface area (Å²) < 4.78 is 1.72. The smallest absolute Gasteiger partial charge is 0.320 e. The summed E-state index contributed by atoms with van der Waals surface area (Å²) in [5, 5.41) is 0. The molecule has 0 bridgehead atoms. The Morgan fingerprint density at radius 1 is 1.54 bits per heavy atom. The minimum Gasteiger partial charge on any atom is -0.320 e. The molecule has 68 valence electrons. The van der Waals surface area contributed by atoms with E-state index in [4.69, 9.17) is 0 Å². The molecule has 0 aliphatic heterocycles.